The summed E-state index contributed by atoms with van der Waals surface area (Å²) in [7, 11) is 0. The van der Waals surface area contributed by atoms with Gasteiger partial charge in [-0.2, -0.15) is 0 Å². The zero-order valence-electron chi connectivity index (χ0n) is 19.6. The van der Waals surface area contributed by atoms with Gasteiger partial charge in [-0.3, -0.25) is 14.5 Å². The van der Waals surface area contributed by atoms with E-state index in [9.17, 15) is 14.7 Å². The van der Waals surface area contributed by atoms with Gasteiger partial charge in [-0.1, -0.05) is 25.1 Å². The van der Waals surface area contributed by atoms with Crippen molar-refractivity contribution in [1.82, 2.24) is 14.4 Å². The number of Topliss-reactive ketones (excluding diaryl/α,β-unsaturated/α-hetero) is 1. The molecule has 1 fully saturated rings. The van der Waals surface area contributed by atoms with E-state index in [4.69, 9.17) is 4.74 Å². The average molecular weight is 489 g/mol. The van der Waals surface area contributed by atoms with Crippen LogP contribution >= 0.6 is 11.3 Å². The van der Waals surface area contributed by atoms with E-state index in [0.29, 0.717) is 34.4 Å². The van der Waals surface area contributed by atoms with Gasteiger partial charge < -0.3 is 14.2 Å². The maximum atomic E-state index is 13.3. The normalized spacial score (nSPS) is 17.5. The Balaban J connectivity index is 1.69. The third-order valence-corrected chi connectivity index (χ3v) is 6.82. The predicted molar refractivity (Wildman–Crippen MR) is 134 cm³/mol. The van der Waals surface area contributed by atoms with E-state index in [0.717, 1.165) is 12.0 Å². The molecule has 1 aliphatic heterocycles. The van der Waals surface area contributed by atoms with Crippen molar-refractivity contribution < 1.29 is 19.4 Å². The second-order valence-electron chi connectivity index (χ2n) is 8.33. The smallest absolute Gasteiger partial charge is 0.301 e. The number of ketones is 1. The molecule has 178 valence electrons. The van der Waals surface area contributed by atoms with Gasteiger partial charge >= 0.3 is 5.91 Å². The molecule has 0 bridgehead atoms. The second kappa shape index (κ2) is 8.99. The Morgan fingerprint density at radius 2 is 1.94 bits per heavy atom. The maximum Gasteiger partial charge on any atom is 0.301 e. The van der Waals surface area contributed by atoms with Crippen molar-refractivity contribution in [2.24, 2.45) is 0 Å². The summed E-state index contributed by atoms with van der Waals surface area (Å²) in [5.41, 5.74) is 3.18. The zero-order chi connectivity index (χ0) is 24.7. The number of aromatic nitrogens is 3. The largest absolute Gasteiger partial charge is 0.505 e. The summed E-state index contributed by atoms with van der Waals surface area (Å²) in [6.45, 7) is 6.36. The Bertz CT molecular complexity index is 1450. The number of rotatable bonds is 6. The maximum absolute atomic E-state index is 13.3. The van der Waals surface area contributed by atoms with Gasteiger partial charge in [-0.05, 0) is 49.6 Å². The fraction of sp³-hybridized carbons (Fsp3) is 0.231. The first-order valence-corrected chi connectivity index (χ1v) is 12.2. The van der Waals surface area contributed by atoms with E-state index in [1.807, 2.05) is 43.5 Å². The van der Waals surface area contributed by atoms with Crippen LogP contribution in [0.15, 0.2) is 59.7 Å². The van der Waals surface area contributed by atoms with Crippen molar-refractivity contribution in [3.63, 3.8) is 0 Å². The fourth-order valence-corrected chi connectivity index (χ4v) is 4.99. The average Bonchev–Trinajstić information content (AvgIpc) is 3.57. The third-order valence-electron chi connectivity index (χ3n) is 6.05. The van der Waals surface area contributed by atoms with E-state index >= 15 is 0 Å². The van der Waals surface area contributed by atoms with E-state index in [-0.39, 0.29) is 17.0 Å². The Hall–Kier alpha value is -3.98. The van der Waals surface area contributed by atoms with Gasteiger partial charge in [-0.25, -0.2) is 9.97 Å². The van der Waals surface area contributed by atoms with Crippen LogP contribution in [0.4, 0.5) is 5.13 Å². The fourth-order valence-electron chi connectivity index (χ4n) is 4.32. The number of fused-ring (bicyclic) bond motifs is 1. The third kappa shape index (κ3) is 3.77. The number of aryl methyl sites for hydroxylation is 2. The summed E-state index contributed by atoms with van der Waals surface area (Å²) in [6.07, 6.45) is 4.30. The minimum absolute atomic E-state index is 0.0171. The highest BCUT2D eigenvalue weighted by atomic mass is 32.1. The highest BCUT2D eigenvalue weighted by Crippen LogP contribution is 2.43. The van der Waals surface area contributed by atoms with Crippen LogP contribution in [0.3, 0.4) is 0 Å². The number of anilines is 1. The molecule has 5 rings (SSSR count). The van der Waals surface area contributed by atoms with Crippen molar-refractivity contribution in [1.29, 1.82) is 0 Å². The number of ether oxygens (including phenoxy) is 1. The molecule has 0 radical (unpaired) electrons. The van der Waals surface area contributed by atoms with Gasteiger partial charge in [0.25, 0.3) is 5.78 Å². The summed E-state index contributed by atoms with van der Waals surface area (Å²) in [5, 5.41) is 13.6. The van der Waals surface area contributed by atoms with Crippen molar-refractivity contribution in [3.05, 3.63) is 82.3 Å². The number of hydrogen-bond acceptors (Lipinski definition) is 7. The molecule has 1 aromatic carbocycles. The van der Waals surface area contributed by atoms with Crippen molar-refractivity contribution in [2.45, 2.75) is 33.2 Å². The van der Waals surface area contributed by atoms with Gasteiger partial charge in [0.15, 0.2) is 10.9 Å². The summed E-state index contributed by atoms with van der Waals surface area (Å²) in [5.74, 6) is -1.13. The molecule has 35 heavy (non-hydrogen) atoms. The molecular formula is C26H24N4O4S. The van der Waals surface area contributed by atoms with Crippen LogP contribution < -0.4 is 9.64 Å². The lowest BCUT2D eigenvalue weighted by atomic mass is 9.96. The van der Waals surface area contributed by atoms with Gasteiger partial charge in [-0.15, -0.1) is 11.3 Å². The highest BCUT2D eigenvalue weighted by Gasteiger charge is 2.48. The number of aliphatic hydroxyl groups excluding tert-OH is 1. The van der Waals surface area contributed by atoms with E-state index in [1.54, 1.807) is 35.8 Å². The van der Waals surface area contributed by atoms with Crippen LogP contribution in [0, 0.1) is 13.8 Å². The first-order chi connectivity index (χ1) is 16.9. The second-order valence-corrected chi connectivity index (χ2v) is 9.20. The quantitative estimate of drug-likeness (QED) is 0.237. The summed E-state index contributed by atoms with van der Waals surface area (Å²) in [4.78, 5) is 36.8. The SMILES string of the molecule is CCCOc1ccc(C2C(=C(O)c3nc4c(C)cccn4c3C)C(=O)C(=O)N2c2nccs2)cc1. The molecule has 4 heterocycles. The Kier molecular flexibility index (Phi) is 5.86. The zero-order valence-corrected chi connectivity index (χ0v) is 20.4. The molecule has 1 aliphatic rings. The number of amides is 1. The Morgan fingerprint density at radius 1 is 1.17 bits per heavy atom. The first kappa shape index (κ1) is 22.8. The number of hydrogen-bond donors (Lipinski definition) is 1. The lowest BCUT2D eigenvalue weighted by molar-refractivity contribution is -0.132. The number of thiazole rings is 1. The molecule has 1 atom stereocenters. The number of imidazole rings is 1. The molecular weight excluding hydrogens is 464 g/mol. The molecule has 1 saturated heterocycles. The highest BCUT2D eigenvalue weighted by molar-refractivity contribution is 7.14. The molecule has 1 N–H and O–H groups in total. The number of nitrogens with zero attached hydrogens (tertiary/aromatic N) is 4. The number of pyridine rings is 1. The van der Waals surface area contributed by atoms with Gasteiger partial charge in [0, 0.05) is 17.8 Å². The standard InChI is InChI=1S/C26H24N4O4S/c1-4-13-34-18-9-7-17(8-10-18)21-19(23(32)25(33)30(21)26-27-11-14-35-26)22(31)20-16(3)29-12-5-6-15(2)24(29)28-20/h5-12,14,21,31H,4,13H2,1-3H3. The molecule has 0 aliphatic carbocycles. The molecule has 3 aromatic heterocycles. The number of carbonyl (C=O) groups is 2. The number of benzene rings is 1. The molecule has 1 amide bonds. The van der Waals surface area contributed by atoms with Crippen LogP contribution in [0.2, 0.25) is 0 Å². The van der Waals surface area contributed by atoms with Gasteiger partial charge in [0.2, 0.25) is 0 Å². The molecule has 8 nitrogen and oxygen atoms in total. The van der Waals surface area contributed by atoms with Crippen molar-refractivity contribution in [2.75, 3.05) is 11.5 Å². The lowest BCUT2D eigenvalue weighted by Crippen LogP contribution is -2.29. The van der Waals surface area contributed by atoms with E-state index < -0.39 is 17.7 Å². The number of carbonyl (C=O) groups excluding carboxylic acids is 2. The van der Waals surface area contributed by atoms with Crippen LogP contribution in [0.25, 0.3) is 11.4 Å². The summed E-state index contributed by atoms with van der Waals surface area (Å²) in [6, 6.07) is 10.2. The Labute approximate surface area is 206 Å². The lowest BCUT2D eigenvalue weighted by Gasteiger charge is -2.23. The van der Waals surface area contributed by atoms with Crippen LogP contribution in [-0.2, 0) is 9.59 Å². The van der Waals surface area contributed by atoms with Crippen LogP contribution in [0.5, 0.6) is 5.75 Å². The molecule has 9 heteroatoms. The van der Waals surface area contributed by atoms with Gasteiger partial charge in [0.1, 0.15) is 17.1 Å². The van der Waals surface area contributed by atoms with Gasteiger partial charge in [0.05, 0.1) is 23.9 Å². The van der Waals surface area contributed by atoms with Crippen molar-refractivity contribution in [3.8, 4) is 5.75 Å². The monoisotopic (exact) mass is 488 g/mol. The summed E-state index contributed by atoms with van der Waals surface area (Å²) >= 11 is 1.25. The molecule has 1 unspecified atom stereocenters. The van der Waals surface area contributed by atoms with E-state index in [1.165, 1.54) is 16.2 Å². The van der Waals surface area contributed by atoms with E-state index in [2.05, 4.69) is 9.97 Å². The molecule has 4 aromatic rings. The number of aliphatic hydroxyl groups is 1. The van der Waals surface area contributed by atoms with Crippen LogP contribution in [0.1, 0.15) is 41.9 Å². The topological polar surface area (TPSA) is 97.0 Å². The van der Waals surface area contributed by atoms with Crippen molar-refractivity contribution >= 4 is 39.6 Å². The molecule has 0 spiro atoms. The van der Waals surface area contributed by atoms with Crippen LogP contribution in [-0.4, -0.2) is 37.8 Å². The first-order valence-electron chi connectivity index (χ1n) is 11.3. The molecule has 0 saturated carbocycles. The summed E-state index contributed by atoms with van der Waals surface area (Å²) < 4.78 is 7.54. The minimum atomic E-state index is -0.855. The Morgan fingerprint density at radius 3 is 2.60 bits per heavy atom. The predicted octanol–water partition coefficient (Wildman–Crippen LogP) is 4.82. The minimum Gasteiger partial charge on any atom is -0.505 e.